The molecule has 0 bridgehead atoms. The third-order valence-electron chi connectivity index (χ3n) is 3.77. The van der Waals surface area contributed by atoms with E-state index in [1.165, 1.54) is 17.3 Å². The van der Waals surface area contributed by atoms with Crippen molar-refractivity contribution in [1.29, 1.82) is 0 Å². The summed E-state index contributed by atoms with van der Waals surface area (Å²) in [7, 11) is 0. The van der Waals surface area contributed by atoms with Crippen molar-refractivity contribution in [3.63, 3.8) is 0 Å². The zero-order valence-corrected chi connectivity index (χ0v) is 14.9. The molecule has 25 heavy (non-hydrogen) atoms. The Morgan fingerprint density at radius 1 is 1.04 bits per heavy atom. The van der Waals surface area contributed by atoms with Gasteiger partial charge in [0.2, 0.25) is 11.7 Å². The highest BCUT2D eigenvalue weighted by molar-refractivity contribution is 7.98. The third kappa shape index (κ3) is 3.12. The van der Waals surface area contributed by atoms with Crippen LogP contribution in [0.5, 0.6) is 0 Å². The van der Waals surface area contributed by atoms with Crippen molar-refractivity contribution >= 4 is 17.5 Å². The van der Waals surface area contributed by atoms with Crippen LogP contribution < -0.4 is 0 Å². The van der Waals surface area contributed by atoms with Crippen LogP contribution in [0.25, 0.3) is 17.2 Å². The lowest BCUT2D eigenvalue weighted by Crippen LogP contribution is -1.97. The topological polar surface area (TPSA) is 82.0 Å². The van der Waals surface area contributed by atoms with Crippen LogP contribution in [0.1, 0.15) is 22.8 Å². The van der Waals surface area contributed by atoms with E-state index in [-0.39, 0.29) is 0 Å². The van der Waals surface area contributed by atoms with Gasteiger partial charge in [0.1, 0.15) is 0 Å². The molecule has 0 aliphatic carbocycles. The first-order chi connectivity index (χ1) is 12.1. The minimum Gasteiger partial charge on any atom is -0.338 e. The molecule has 7 nitrogen and oxygen atoms in total. The number of fused-ring (bicyclic) bond motifs is 1. The first-order valence-electron chi connectivity index (χ1n) is 7.82. The minimum absolute atomic E-state index is 0.521. The van der Waals surface area contributed by atoms with Gasteiger partial charge in [-0.2, -0.15) is 4.98 Å². The Labute approximate surface area is 148 Å². The van der Waals surface area contributed by atoms with Gasteiger partial charge in [0.05, 0.1) is 5.75 Å². The van der Waals surface area contributed by atoms with E-state index in [1.807, 2.05) is 55.5 Å². The molecule has 0 atom stereocenters. The number of thioether (sulfide) groups is 1. The van der Waals surface area contributed by atoms with Crippen molar-refractivity contribution in [1.82, 2.24) is 29.7 Å². The van der Waals surface area contributed by atoms with Gasteiger partial charge in [0.25, 0.3) is 5.78 Å². The number of hydrogen-bond acceptors (Lipinski definition) is 7. The summed E-state index contributed by atoms with van der Waals surface area (Å²) < 4.78 is 7.28. The predicted molar refractivity (Wildman–Crippen MR) is 94.3 cm³/mol. The molecule has 4 rings (SSSR count). The van der Waals surface area contributed by atoms with Gasteiger partial charge in [-0.3, -0.25) is 4.40 Å². The Balaban J connectivity index is 1.53. The quantitative estimate of drug-likeness (QED) is 0.521. The summed E-state index contributed by atoms with van der Waals surface area (Å²) in [5, 5.41) is 13.2. The van der Waals surface area contributed by atoms with Crippen molar-refractivity contribution in [3.05, 3.63) is 53.2 Å². The van der Waals surface area contributed by atoms with Gasteiger partial charge in [-0.25, -0.2) is 4.98 Å². The number of benzene rings is 1. The molecule has 0 spiro atoms. The molecular weight excluding hydrogens is 336 g/mol. The first kappa shape index (κ1) is 15.8. The van der Waals surface area contributed by atoms with E-state index in [2.05, 4.69) is 25.3 Å². The molecule has 0 radical (unpaired) electrons. The Hall–Kier alpha value is -2.74. The lowest BCUT2D eigenvalue weighted by molar-refractivity contribution is 0.391. The number of nitrogens with zero attached hydrogens (tertiary/aromatic N) is 6. The molecule has 0 unspecified atom stereocenters. The number of aromatic nitrogens is 6. The standard InChI is InChI=1S/C17H16N6OS/c1-10-4-6-13(7-5-10)15-19-14(24-22-15)9-25-17-21-20-16-18-11(2)8-12(3)23(16)17/h4-8H,9H2,1-3H3. The average Bonchev–Trinajstić information content (AvgIpc) is 3.20. The lowest BCUT2D eigenvalue weighted by Gasteiger charge is -2.02. The Morgan fingerprint density at radius 2 is 1.84 bits per heavy atom. The van der Waals surface area contributed by atoms with Crippen LogP contribution in [0.4, 0.5) is 0 Å². The molecule has 3 aromatic heterocycles. The van der Waals surface area contributed by atoms with E-state index >= 15 is 0 Å². The smallest absolute Gasteiger partial charge is 0.256 e. The Kier molecular flexibility index (Phi) is 3.96. The second kappa shape index (κ2) is 6.29. The Morgan fingerprint density at radius 3 is 2.64 bits per heavy atom. The van der Waals surface area contributed by atoms with E-state index in [0.29, 0.717) is 23.2 Å². The molecule has 3 heterocycles. The van der Waals surface area contributed by atoms with Crippen LogP contribution >= 0.6 is 11.8 Å². The zero-order valence-electron chi connectivity index (χ0n) is 14.1. The van der Waals surface area contributed by atoms with Gasteiger partial charge in [0, 0.05) is 17.0 Å². The van der Waals surface area contributed by atoms with Crippen molar-refractivity contribution < 1.29 is 4.52 Å². The van der Waals surface area contributed by atoms with Crippen LogP contribution in [0, 0.1) is 20.8 Å². The summed E-state index contributed by atoms with van der Waals surface area (Å²) in [6.45, 7) is 6.00. The molecule has 0 saturated heterocycles. The minimum atomic E-state index is 0.521. The van der Waals surface area contributed by atoms with E-state index in [1.54, 1.807) is 0 Å². The highest BCUT2D eigenvalue weighted by Gasteiger charge is 2.13. The summed E-state index contributed by atoms with van der Waals surface area (Å²) in [5.41, 5.74) is 4.10. The second-order valence-electron chi connectivity index (χ2n) is 5.82. The maximum atomic E-state index is 5.35. The largest absolute Gasteiger partial charge is 0.338 e. The summed E-state index contributed by atoms with van der Waals surface area (Å²) in [4.78, 5) is 8.84. The van der Waals surface area contributed by atoms with Crippen LogP contribution in [0.2, 0.25) is 0 Å². The molecule has 0 N–H and O–H groups in total. The maximum Gasteiger partial charge on any atom is 0.256 e. The highest BCUT2D eigenvalue weighted by atomic mass is 32.2. The summed E-state index contributed by atoms with van der Waals surface area (Å²) in [6.07, 6.45) is 0. The van der Waals surface area contributed by atoms with Gasteiger partial charge in [-0.15, -0.1) is 10.2 Å². The van der Waals surface area contributed by atoms with Gasteiger partial charge < -0.3 is 4.52 Å². The van der Waals surface area contributed by atoms with Crippen LogP contribution in [-0.2, 0) is 5.75 Å². The molecule has 0 amide bonds. The van der Waals surface area contributed by atoms with E-state index < -0.39 is 0 Å². The first-order valence-corrected chi connectivity index (χ1v) is 8.80. The predicted octanol–water partition coefficient (Wildman–Crippen LogP) is 3.39. The van der Waals surface area contributed by atoms with Crippen LogP contribution in [-0.4, -0.2) is 29.7 Å². The lowest BCUT2D eigenvalue weighted by atomic mass is 10.1. The van der Waals surface area contributed by atoms with E-state index in [0.717, 1.165) is 22.1 Å². The van der Waals surface area contributed by atoms with Gasteiger partial charge >= 0.3 is 0 Å². The number of rotatable bonds is 4. The van der Waals surface area contributed by atoms with Gasteiger partial charge in [0.15, 0.2) is 5.16 Å². The molecule has 1 aromatic carbocycles. The average molecular weight is 352 g/mol. The van der Waals surface area contributed by atoms with E-state index in [4.69, 9.17) is 4.52 Å². The molecule has 0 saturated carbocycles. The van der Waals surface area contributed by atoms with Crippen molar-refractivity contribution in [3.8, 4) is 11.4 Å². The number of hydrogen-bond donors (Lipinski definition) is 0. The second-order valence-corrected chi connectivity index (χ2v) is 6.77. The van der Waals surface area contributed by atoms with E-state index in [9.17, 15) is 0 Å². The molecule has 0 aliphatic heterocycles. The molecule has 0 fully saturated rings. The molecular formula is C17H16N6OS. The fourth-order valence-corrected chi connectivity index (χ4v) is 3.38. The summed E-state index contributed by atoms with van der Waals surface area (Å²) >= 11 is 1.49. The highest BCUT2D eigenvalue weighted by Crippen LogP contribution is 2.23. The van der Waals surface area contributed by atoms with Crippen molar-refractivity contribution in [2.45, 2.75) is 31.7 Å². The fraction of sp³-hybridized carbons (Fsp3) is 0.235. The van der Waals surface area contributed by atoms with Crippen LogP contribution in [0.15, 0.2) is 40.0 Å². The van der Waals surface area contributed by atoms with Crippen LogP contribution in [0.3, 0.4) is 0 Å². The molecule has 8 heteroatoms. The van der Waals surface area contributed by atoms with Gasteiger partial charge in [-0.1, -0.05) is 46.7 Å². The maximum absolute atomic E-state index is 5.35. The molecule has 4 aromatic rings. The molecule has 0 aliphatic rings. The van der Waals surface area contributed by atoms with Crippen molar-refractivity contribution in [2.75, 3.05) is 0 Å². The van der Waals surface area contributed by atoms with Gasteiger partial charge in [-0.05, 0) is 26.8 Å². The summed E-state index contributed by atoms with van der Waals surface area (Å²) in [6, 6.07) is 10.0. The number of aryl methyl sites for hydroxylation is 3. The fourth-order valence-electron chi connectivity index (χ4n) is 2.55. The normalized spacial score (nSPS) is 11.3. The third-order valence-corrected chi connectivity index (χ3v) is 4.68. The Bertz CT molecular complexity index is 1040. The van der Waals surface area contributed by atoms with Crippen molar-refractivity contribution in [2.24, 2.45) is 0 Å². The monoisotopic (exact) mass is 352 g/mol. The zero-order chi connectivity index (χ0) is 17.4. The SMILES string of the molecule is Cc1ccc(-c2noc(CSc3nnc4nc(C)cc(C)n34)n2)cc1. The molecule has 126 valence electrons. The summed E-state index contributed by atoms with van der Waals surface area (Å²) in [5.74, 6) is 2.27.